The van der Waals surface area contributed by atoms with Gasteiger partial charge >= 0.3 is 12.1 Å². The molecule has 178 valence electrons. The minimum absolute atomic E-state index is 0.0140. The van der Waals surface area contributed by atoms with E-state index in [-0.39, 0.29) is 25.2 Å². The van der Waals surface area contributed by atoms with Gasteiger partial charge in [0.05, 0.1) is 19.1 Å². The number of carbonyl (C=O) groups excluding carboxylic acids is 2. The first-order valence-electron chi connectivity index (χ1n) is 10.5. The molecule has 34 heavy (non-hydrogen) atoms. The number of carbonyl (C=O) groups is 2. The smallest absolute Gasteiger partial charge is 0.416 e. The van der Waals surface area contributed by atoms with E-state index in [1.54, 1.807) is 42.5 Å². The quantitative estimate of drug-likeness (QED) is 0.224. The fourth-order valence-corrected chi connectivity index (χ4v) is 3.80. The van der Waals surface area contributed by atoms with Crippen LogP contribution in [-0.2, 0) is 28.7 Å². The Bertz CT molecular complexity index is 1160. The third kappa shape index (κ3) is 6.92. The van der Waals surface area contributed by atoms with Crippen molar-refractivity contribution in [1.82, 2.24) is 5.32 Å². The molecule has 0 saturated heterocycles. The largest absolute Gasteiger partial charge is 0.469 e. The van der Waals surface area contributed by atoms with Crippen molar-refractivity contribution in [2.75, 3.05) is 13.7 Å². The zero-order valence-electron chi connectivity index (χ0n) is 18.4. The van der Waals surface area contributed by atoms with Gasteiger partial charge in [0.2, 0.25) is 0 Å². The molecule has 0 fully saturated rings. The molecule has 0 bridgehead atoms. The Hall–Kier alpha value is -3.16. The summed E-state index contributed by atoms with van der Waals surface area (Å²) in [6.45, 7) is 0.409. The molecule has 0 heterocycles. The molecule has 4 nitrogen and oxygen atoms in total. The highest BCUT2D eigenvalue weighted by Gasteiger charge is 2.31. The van der Waals surface area contributed by atoms with E-state index >= 15 is 0 Å². The minimum Gasteiger partial charge on any atom is -0.469 e. The molecule has 0 aliphatic carbocycles. The maximum Gasteiger partial charge on any atom is 0.416 e. The minimum atomic E-state index is -4.50. The summed E-state index contributed by atoms with van der Waals surface area (Å²) in [5.41, 5.74) is 1.92. The van der Waals surface area contributed by atoms with E-state index in [0.717, 1.165) is 12.1 Å². The van der Waals surface area contributed by atoms with E-state index in [1.165, 1.54) is 13.2 Å². The van der Waals surface area contributed by atoms with E-state index in [1.807, 2.05) is 6.07 Å². The third-order valence-corrected chi connectivity index (χ3v) is 5.44. The van der Waals surface area contributed by atoms with Gasteiger partial charge in [-0.15, -0.1) is 0 Å². The number of halogens is 4. The van der Waals surface area contributed by atoms with Gasteiger partial charge in [0.15, 0.2) is 5.78 Å². The number of methoxy groups -OCH3 is 1. The number of hydrogen-bond donors (Lipinski definition) is 1. The second-order valence-electron chi connectivity index (χ2n) is 7.69. The van der Waals surface area contributed by atoms with E-state index in [4.69, 9.17) is 11.6 Å². The summed E-state index contributed by atoms with van der Waals surface area (Å²) in [7, 11) is 1.27. The predicted molar refractivity (Wildman–Crippen MR) is 125 cm³/mol. The SMILES string of the molecule is COC(=O)Cc1cc(Cl)cc(-c2ccc(C(F)(F)F)cc2CNCCC(=O)c2ccccc2)c1. The molecule has 0 radical (unpaired) electrons. The maximum absolute atomic E-state index is 13.4. The lowest BCUT2D eigenvalue weighted by Crippen LogP contribution is -2.19. The fraction of sp³-hybridized carbons (Fsp3) is 0.231. The Morgan fingerprint density at radius 2 is 1.74 bits per heavy atom. The summed E-state index contributed by atoms with van der Waals surface area (Å²) >= 11 is 6.22. The Labute approximate surface area is 200 Å². The summed E-state index contributed by atoms with van der Waals surface area (Å²) in [4.78, 5) is 23.9. The first-order chi connectivity index (χ1) is 16.2. The zero-order valence-corrected chi connectivity index (χ0v) is 19.2. The maximum atomic E-state index is 13.4. The number of Topliss-reactive ketones (excluding diaryl/α,β-unsaturated/α-hetero) is 1. The number of ketones is 1. The molecule has 1 N–H and O–H groups in total. The van der Waals surface area contributed by atoms with Gasteiger partial charge in [0.25, 0.3) is 0 Å². The summed E-state index contributed by atoms with van der Waals surface area (Å²) < 4.78 is 44.8. The number of esters is 1. The van der Waals surface area contributed by atoms with Crippen LogP contribution in [0, 0.1) is 0 Å². The lowest BCUT2D eigenvalue weighted by molar-refractivity contribution is -0.140. The molecule has 0 aliphatic rings. The normalized spacial score (nSPS) is 11.3. The molecule has 0 spiro atoms. The predicted octanol–water partition coefficient (Wildman–Crippen LogP) is 6.10. The topological polar surface area (TPSA) is 55.4 Å². The lowest BCUT2D eigenvalue weighted by atomic mass is 9.95. The van der Waals surface area contributed by atoms with Gasteiger partial charge in [-0.3, -0.25) is 9.59 Å². The van der Waals surface area contributed by atoms with Crippen molar-refractivity contribution in [3.63, 3.8) is 0 Å². The average Bonchev–Trinajstić information content (AvgIpc) is 2.81. The molecule has 0 saturated carbocycles. The Morgan fingerprint density at radius 3 is 2.41 bits per heavy atom. The molecular formula is C26H23ClF3NO3. The molecule has 8 heteroatoms. The number of nitrogens with one attached hydrogen (secondary N) is 1. The molecule has 3 aromatic carbocycles. The van der Waals surface area contributed by atoms with Crippen LogP contribution < -0.4 is 5.32 Å². The van der Waals surface area contributed by atoms with Crippen molar-refractivity contribution in [2.45, 2.75) is 25.6 Å². The summed E-state index contributed by atoms with van der Waals surface area (Å²) in [5, 5.41) is 3.42. The van der Waals surface area contributed by atoms with Gasteiger partial charge < -0.3 is 10.1 Å². The number of ether oxygens (including phenoxy) is 1. The first-order valence-corrected chi connectivity index (χ1v) is 10.9. The van der Waals surface area contributed by atoms with Crippen LogP contribution in [0.1, 0.15) is 33.5 Å². The lowest BCUT2D eigenvalue weighted by Gasteiger charge is -2.16. The number of alkyl halides is 3. The third-order valence-electron chi connectivity index (χ3n) is 5.22. The second-order valence-corrected chi connectivity index (χ2v) is 8.12. The van der Waals surface area contributed by atoms with Crippen LogP contribution in [0.25, 0.3) is 11.1 Å². The van der Waals surface area contributed by atoms with E-state index in [2.05, 4.69) is 10.1 Å². The molecule has 0 atom stereocenters. The molecular weight excluding hydrogens is 467 g/mol. The highest BCUT2D eigenvalue weighted by molar-refractivity contribution is 6.31. The van der Waals surface area contributed by atoms with Crippen LogP contribution in [0.15, 0.2) is 66.7 Å². The Balaban J connectivity index is 1.83. The summed E-state index contributed by atoms with van der Waals surface area (Å²) in [6.07, 6.45) is -4.31. The van der Waals surface area contributed by atoms with Crippen LogP contribution in [-0.4, -0.2) is 25.4 Å². The van der Waals surface area contributed by atoms with Gasteiger partial charge in [-0.05, 0) is 46.5 Å². The van der Waals surface area contributed by atoms with Crippen LogP contribution in [0.5, 0.6) is 0 Å². The van der Waals surface area contributed by atoms with E-state index in [0.29, 0.717) is 39.4 Å². The standard InChI is InChI=1S/C26H23ClF3NO3/c1-34-25(33)13-17-11-19(15-22(27)12-17)23-8-7-21(26(28,29)30)14-20(23)16-31-10-9-24(32)18-5-3-2-4-6-18/h2-8,11-12,14-15,31H,9-10,13,16H2,1H3. The van der Waals surface area contributed by atoms with Crippen molar-refractivity contribution in [3.05, 3.63) is 94.0 Å². The highest BCUT2D eigenvalue weighted by Crippen LogP contribution is 2.34. The number of hydrogen-bond acceptors (Lipinski definition) is 4. The van der Waals surface area contributed by atoms with Gasteiger partial charge in [0, 0.05) is 30.1 Å². The highest BCUT2D eigenvalue weighted by atomic mass is 35.5. The Kier molecular flexibility index (Phi) is 8.47. The molecule has 0 unspecified atom stereocenters. The molecule has 3 rings (SSSR count). The molecule has 0 aromatic heterocycles. The molecule has 0 amide bonds. The van der Waals surface area contributed by atoms with Crippen LogP contribution in [0.3, 0.4) is 0 Å². The zero-order chi connectivity index (χ0) is 24.7. The van der Waals surface area contributed by atoms with Gasteiger partial charge in [0.1, 0.15) is 0 Å². The summed E-state index contributed by atoms with van der Waals surface area (Å²) in [6, 6.07) is 17.2. The molecule has 3 aromatic rings. The fourth-order valence-electron chi connectivity index (χ4n) is 3.54. The second kappa shape index (κ2) is 11.3. The van der Waals surface area contributed by atoms with Crippen molar-refractivity contribution in [1.29, 1.82) is 0 Å². The summed E-state index contributed by atoms with van der Waals surface area (Å²) in [5.74, 6) is -0.509. The average molecular weight is 490 g/mol. The first kappa shape index (κ1) is 25.5. The van der Waals surface area contributed by atoms with Gasteiger partial charge in [-0.2, -0.15) is 13.2 Å². The van der Waals surface area contributed by atoms with Crippen molar-refractivity contribution in [2.24, 2.45) is 0 Å². The van der Waals surface area contributed by atoms with Crippen molar-refractivity contribution < 1.29 is 27.5 Å². The Morgan fingerprint density at radius 1 is 1.00 bits per heavy atom. The van der Waals surface area contributed by atoms with E-state index < -0.39 is 17.7 Å². The monoisotopic (exact) mass is 489 g/mol. The van der Waals surface area contributed by atoms with Crippen LogP contribution in [0.4, 0.5) is 13.2 Å². The van der Waals surface area contributed by atoms with Crippen molar-refractivity contribution in [3.8, 4) is 11.1 Å². The number of rotatable bonds is 9. The van der Waals surface area contributed by atoms with Gasteiger partial charge in [-0.1, -0.05) is 54.1 Å². The number of benzene rings is 3. The van der Waals surface area contributed by atoms with E-state index in [9.17, 15) is 22.8 Å². The van der Waals surface area contributed by atoms with Crippen LogP contribution >= 0.6 is 11.6 Å². The van der Waals surface area contributed by atoms with Crippen LogP contribution in [0.2, 0.25) is 5.02 Å². The van der Waals surface area contributed by atoms with Gasteiger partial charge in [-0.25, -0.2) is 0 Å². The van der Waals surface area contributed by atoms with Crippen molar-refractivity contribution >= 4 is 23.4 Å². The molecule has 0 aliphatic heterocycles.